The molecule has 0 aliphatic heterocycles. The zero-order valence-corrected chi connectivity index (χ0v) is 54.0. The summed E-state index contributed by atoms with van der Waals surface area (Å²) in [6.45, 7) is 6.48. The predicted octanol–water partition coefficient (Wildman–Crippen LogP) is 24.2. The van der Waals surface area contributed by atoms with E-state index in [2.05, 4.69) is 124 Å². The molecule has 0 aliphatic carbocycles. The summed E-state index contributed by atoms with van der Waals surface area (Å²) in [5.74, 6) is -0.993. The van der Waals surface area contributed by atoms with Crippen molar-refractivity contribution in [3.05, 3.63) is 109 Å². The molecule has 470 valence electrons. The van der Waals surface area contributed by atoms with Crippen LogP contribution in [-0.2, 0) is 28.6 Å². The molecule has 6 nitrogen and oxygen atoms in total. The highest BCUT2D eigenvalue weighted by Crippen LogP contribution is 2.17. The Hall–Kier alpha value is -3.93. The molecule has 0 bridgehead atoms. The summed E-state index contributed by atoms with van der Waals surface area (Å²) < 4.78 is 16.9. The molecule has 0 amide bonds. The number of hydrogen-bond acceptors (Lipinski definition) is 6. The number of ether oxygens (including phenoxy) is 3. The summed E-state index contributed by atoms with van der Waals surface area (Å²) in [7, 11) is 0. The van der Waals surface area contributed by atoms with Crippen LogP contribution in [0.5, 0.6) is 0 Å². The van der Waals surface area contributed by atoms with E-state index in [1.54, 1.807) is 0 Å². The van der Waals surface area contributed by atoms with E-state index in [1.165, 1.54) is 186 Å². The molecular weight excluding hydrogens is 1010 g/mol. The van der Waals surface area contributed by atoms with E-state index in [0.29, 0.717) is 19.3 Å². The fraction of sp³-hybridized carbons (Fsp3) is 0.724. The van der Waals surface area contributed by atoms with Gasteiger partial charge in [0.25, 0.3) is 0 Å². The summed E-state index contributed by atoms with van der Waals surface area (Å²) in [6.07, 6.45) is 95.5. The first-order valence-electron chi connectivity index (χ1n) is 34.9. The standard InChI is InChI=1S/C76H130O6/c1-4-7-10-13-16-19-22-25-28-31-34-36-37-38-40-42-45-48-51-54-57-60-63-66-69-75(78)81-72-73(71-80-74(77)68-65-62-59-56-53-50-47-44-41-33-30-27-24-21-18-15-12-9-6-3)82-76(79)70-67-64-61-58-55-52-49-46-43-39-35-32-29-26-23-20-17-14-11-8-5-2/h9,12,18,21,23,26-27,30,32,35,41,43-44,46,50,53,59,62,73H,4-8,10-11,13-17,19-20,22,24-25,28-29,31,33-34,36-40,42,45,47-49,51-52,54-58,60-61,63-72H2,1-3H3/b12-9-,21-18-,26-23-,30-27-,35-32-,44-41-,46-43-,53-50-,62-59-. The van der Waals surface area contributed by atoms with Gasteiger partial charge in [-0.15, -0.1) is 0 Å². The lowest BCUT2D eigenvalue weighted by molar-refractivity contribution is -0.166. The van der Waals surface area contributed by atoms with Gasteiger partial charge in [0.2, 0.25) is 0 Å². The van der Waals surface area contributed by atoms with Crippen LogP contribution in [0.2, 0.25) is 0 Å². The Bertz CT molecular complexity index is 1640. The minimum absolute atomic E-state index is 0.105. The molecule has 1 unspecified atom stereocenters. The molecule has 0 rings (SSSR count). The summed E-state index contributed by atoms with van der Waals surface area (Å²) >= 11 is 0. The zero-order chi connectivity index (χ0) is 59.2. The topological polar surface area (TPSA) is 78.9 Å². The van der Waals surface area contributed by atoms with Gasteiger partial charge in [0.05, 0.1) is 0 Å². The maximum atomic E-state index is 13.0. The first-order chi connectivity index (χ1) is 40.5. The third-order valence-corrected chi connectivity index (χ3v) is 15.0. The van der Waals surface area contributed by atoms with Crippen LogP contribution in [0.3, 0.4) is 0 Å². The van der Waals surface area contributed by atoms with Gasteiger partial charge in [0.1, 0.15) is 13.2 Å². The molecule has 0 fully saturated rings. The van der Waals surface area contributed by atoms with Crippen molar-refractivity contribution >= 4 is 17.9 Å². The third kappa shape index (κ3) is 66.9. The van der Waals surface area contributed by atoms with Crippen LogP contribution in [-0.4, -0.2) is 37.2 Å². The first-order valence-corrected chi connectivity index (χ1v) is 34.9. The average molecular weight is 1140 g/mol. The second kappa shape index (κ2) is 69.6. The lowest BCUT2D eigenvalue weighted by Gasteiger charge is -2.18. The van der Waals surface area contributed by atoms with Crippen LogP contribution < -0.4 is 0 Å². The molecule has 1 atom stereocenters. The Morgan fingerprint density at radius 1 is 0.256 bits per heavy atom. The van der Waals surface area contributed by atoms with Crippen LogP contribution in [0, 0.1) is 0 Å². The summed E-state index contributed by atoms with van der Waals surface area (Å²) in [5, 5.41) is 0. The highest BCUT2D eigenvalue weighted by Gasteiger charge is 2.19. The maximum absolute atomic E-state index is 13.0. The van der Waals surface area contributed by atoms with Gasteiger partial charge in [-0.2, -0.15) is 0 Å². The van der Waals surface area contributed by atoms with Gasteiger partial charge >= 0.3 is 17.9 Å². The molecule has 0 saturated carbocycles. The third-order valence-electron chi connectivity index (χ3n) is 15.0. The molecule has 0 radical (unpaired) electrons. The van der Waals surface area contributed by atoms with E-state index in [-0.39, 0.29) is 37.5 Å². The van der Waals surface area contributed by atoms with Crippen molar-refractivity contribution in [1.29, 1.82) is 0 Å². The molecule has 0 heterocycles. The molecule has 0 N–H and O–H groups in total. The van der Waals surface area contributed by atoms with Crippen molar-refractivity contribution in [2.24, 2.45) is 0 Å². The Morgan fingerprint density at radius 2 is 0.500 bits per heavy atom. The monoisotopic (exact) mass is 1140 g/mol. The van der Waals surface area contributed by atoms with Crippen molar-refractivity contribution in [3.63, 3.8) is 0 Å². The van der Waals surface area contributed by atoms with E-state index in [4.69, 9.17) is 14.2 Å². The number of carbonyl (C=O) groups excluding carboxylic acids is 3. The van der Waals surface area contributed by atoms with E-state index in [0.717, 1.165) is 103 Å². The minimum atomic E-state index is -0.819. The highest BCUT2D eigenvalue weighted by molar-refractivity contribution is 5.71. The fourth-order valence-corrected chi connectivity index (χ4v) is 9.83. The lowest BCUT2D eigenvalue weighted by Crippen LogP contribution is -2.30. The normalized spacial score (nSPS) is 12.8. The Balaban J connectivity index is 4.45. The summed E-state index contributed by atoms with van der Waals surface area (Å²) in [5.41, 5.74) is 0. The summed E-state index contributed by atoms with van der Waals surface area (Å²) in [6, 6.07) is 0. The number of unbranched alkanes of at least 4 members (excludes halogenated alkanes) is 34. The van der Waals surface area contributed by atoms with Gasteiger partial charge in [0, 0.05) is 19.3 Å². The molecule has 0 aromatic carbocycles. The number of rotatable bonds is 63. The Morgan fingerprint density at radius 3 is 0.817 bits per heavy atom. The molecule has 0 spiro atoms. The van der Waals surface area contributed by atoms with Gasteiger partial charge in [-0.3, -0.25) is 14.4 Å². The van der Waals surface area contributed by atoms with E-state index in [1.807, 2.05) is 6.08 Å². The SMILES string of the molecule is CC/C=C\C/C=C\C/C=C\C/C=C\C/C=C\C/C=C\CCC(=O)OCC(COC(=O)CCCCCCCCCCCCCCCCCCCCCCCCCC)OC(=O)CCCCCCCC/C=C\C/C=C\C/C=C\CCCCCCC. The van der Waals surface area contributed by atoms with E-state index < -0.39 is 6.10 Å². The van der Waals surface area contributed by atoms with Crippen LogP contribution >= 0.6 is 0 Å². The second-order valence-corrected chi connectivity index (χ2v) is 23.1. The number of esters is 3. The minimum Gasteiger partial charge on any atom is -0.462 e. The van der Waals surface area contributed by atoms with Gasteiger partial charge in [-0.1, -0.05) is 329 Å². The van der Waals surface area contributed by atoms with Gasteiger partial charge in [-0.05, 0) is 96.3 Å². The largest absolute Gasteiger partial charge is 0.462 e. The quantitative estimate of drug-likeness (QED) is 0.0261. The fourth-order valence-electron chi connectivity index (χ4n) is 9.83. The van der Waals surface area contributed by atoms with Crippen LogP contribution in [0.15, 0.2) is 109 Å². The van der Waals surface area contributed by atoms with E-state index >= 15 is 0 Å². The highest BCUT2D eigenvalue weighted by atomic mass is 16.6. The van der Waals surface area contributed by atoms with E-state index in [9.17, 15) is 14.4 Å². The molecule has 82 heavy (non-hydrogen) atoms. The van der Waals surface area contributed by atoms with Gasteiger partial charge < -0.3 is 14.2 Å². The average Bonchev–Trinajstić information content (AvgIpc) is 3.47. The lowest BCUT2D eigenvalue weighted by atomic mass is 10.0. The molecule has 0 aromatic rings. The first kappa shape index (κ1) is 78.1. The number of allylic oxidation sites excluding steroid dienone is 18. The van der Waals surface area contributed by atoms with Crippen LogP contribution in [0.25, 0.3) is 0 Å². The van der Waals surface area contributed by atoms with Crippen molar-refractivity contribution in [3.8, 4) is 0 Å². The summed E-state index contributed by atoms with van der Waals surface area (Å²) in [4.78, 5) is 38.4. The van der Waals surface area contributed by atoms with Crippen molar-refractivity contribution in [2.45, 2.75) is 341 Å². The van der Waals surface area contributed by atoms with Gasteiger partial charge in [0.15, 0.2) is 6.10 Å². The molecule has 0 saturated heterocycles. The van der Waals surface area contributed by atoms with Gasteiger partial charge in [-0.25, -0.2) is 0 Å². The Kier molecular flexibility index (Phi) is 66.2. The molecule has 0 aliphatic rings. The van der Waals surface area contributed by atoms with Crippen LogP contribution in [0.1, 0.15) is 335 Å². The van der Waals surface area contributed by atoms with Crippen molar-refractivity contribution in [1.82, 2.24) is 0 Å². The smallest absolute Gasteiger partial charge is 0.306 e. The maximum Gasteiger partial charge on any atom is 0.306 e. The molecule has 0 aromatic heterocycles. The van der Waals surface area contributed by atoms with Crippen molar-refractivity contribution in [2.75, 3.05) is 13.2 Å². The van der Waals surface area contributed by atoms with Crippen LogP contribution in [0.4, 0.5) is 0 Å². The number of carbonyl (C=O) groups is 3. The second-order valence-electron chi connectivity index (χ2n) is 23.1. The zero-order valence-electron chi connectivity index (χ0n) is 54.0. The van der Waals surface area contributed by atoms with Crippen molar-refractivity contribution < 1.29 is 28.6 Å². The predicted molar refractivity (Wildman–Crippen MR) is 357 cm³/mol. The Labute approximate surface area is 508 Å². The number of hydrogen-bond donors (Lipinski definition) is 0. The molecular formula is C76H130O6. The molecule has 6 heteroatoms.